The fourth-order valence-electron chi connectivity index (χ4n) is 5.54. The van der Waals surface area contributed by atoms with E-state index in [0.717, 1.165) is 25.0 Å². The minimum Gasteiger partial charge on any atom is -0.490 e. The molecule has 0 aromatic carbocycles. The van der Waals surface area contributed by atoms with Crippen molar-refractivity contribution in [2.45, 2.75) is 75.8 Å². The first kappa shape index (κ1) is 22.3. The average molecular weight is 481 g/mol. The average Bonchev–Trinajstić information content (AvgIpc) is 3.12. The van der Waals surface area contributed by atoms with Crippen molar-refractivity contribution in [2.75, 3.05) is 11.9 Å². The Kier molecular flexibility index (Phi) is 4.87. The van der Waals surface area contributed by atoms with Crippen LogP contribution in [0.1, 0.15) is 68.5 Å². The number of hydrogen-bond donors (Lipinski definition) is 1. The van der Waals surface area contributed by atoms with E-state index in [2.05, 4.69) is 12.2 Å². The molecule has 4 atom stereocenters. The van der Waals surface area contributed by atoms with E-state index in [4.69, 9.17) is 14.5 Å². The Morgan fingerprint density at radius 3 is 2.77 bits per heavy atom. The Balaban J connectivity index is 1.35. The third kappa shape index (κ3) is 3.73. The number of carbonyl (C=O) groups excluding carboxylic acids is 1. The molecular formula is C26H29FN4O4. The van der Waals surface area contributed by atoms with Crippen molar-refractivity contribution in [3.05, 3.63) is 58.4 Å². The highest BCUT2D eigenvalue weighted by Crippen LogP contribution is 2.53. The number of fused-ring (bicyclic) bond motifs is 3. The van der Waals surface area contributed by atoms with E-state index in [0.29, 0.717) is 24.4 Å². The van der Waals surface area contributed by atoms with Crippen LogP contribution in [-0.2, 0) is 10.2 Å². The van der Waals surface area contributed by atoms with Crippen LogP contribution in [-0.4, -0.2) is 44.3 Å². The summed E-state index contributed by atoms with van der Waals surface area (Å²) in [5, 5.41) is 2.71. The number of ether oxygens (including phenoxy) is 2. The fourth-order valence-corrected chi connectivity index (χ4v) is 5.54. The molecule has 35 heavy (non-hydrogen) atoms. The Morgan fingerprint density at radius 1 is 1.34 bits per heavy atom. The first-order chi connectivity index (χ1) is 16.7. The van der Waals surface area contributed by atoms with Crippen molar-refractivity contribution in [3.8, 4) is 5.75 Å². The van der Waals surface area contributed by atoms with Gasteiger partial charge >= 0.3 is 0 Å². The highest BCUT2D eigenvalue weighted by molar-refractivity contribution is 6.06. The summed E-state index contributed by atoms with van der Waals surface area (Å²) in [6.07, 6.45) is 7.31. The maximum absolute atomic E-state index is 13.5. The number of nitrogens with zero attached hydrogens (tertiary/aromatic N) is 3. The van der Waals surface area contributed by atoms with Gasteiger partial charge < -0.3 is 23.8 Å². The predicted octanol–water partition coefficient (Wildman–Crippen LogP) is 4.03. The van der Waals surface area contributed by atoms with E-state index in [1.807, 2.05) is 24.4 Å². The molecule has 3 fully saturated rings. The second kappa shape index (κ2) is 7.65. The van der Waals surface area contributed by atoms with Gasteiger partial charge in [-0.2, -0.15) is 0 Å². The quantitative estimate of drug-likeness (QED) is 0.576. The van der Waals surface area contributed by atoms with Crippen LogP contribution in [0.3, 0.4) is 0 Å². The third-order valence-electron chi connectivity index (χ3n) is 7.51. The van der Waals surface area contributed by atoms with Gasteiger partial charge in [-0.3, -0.25) is 9.59 Å². The van der Waals surface area contributed by atoms with Gasteiger partial charge in [-0.15, -0.1) is 0 Å². The van der Waals surface area contributed by atoms with Gasteiger partial charge in [0.15, 0.2) is 0 Å². The summed E-state index contributed by atoms with van der Waals surface area (Å²) in [5.74, 6) is -0.0862. The summed E-state index contributed by atoms with van der Waals surface area (Å²) in [7, 11) is 0. The van der Waals surface area contributed by atoms with Crippen molar-refractivity contribution in [1.29, 1.82) is 0 Å². The summed E-state index contributed by atoms with van der Waals surface area (Å²) in [6.45, 7) is 6.58. The van der Waals surface area contributed by atoms with E-state index >= 15 is 0 Å². The lowest BCUT2D eigenvalue weighted by molar-refractivity contribution is -0.00627. The number of carbonyl (C=O) groups is 1. The standard InChI is InChI=1S/C26H29FN4O4/c1-15(2)35-20-10-22-29-21(26-7-6-25(3,13-26)34-14-26)12-30(22)11-16(20)23(32)28-18-5-4-8-31(24(18)33)19-9-17(19)27/h4-5,8,10-12,15,17,19H,6-7,9,13-14H2,1-3H3,(H,28,32)/t17-,19?,25-,26-/m1/s1. The summed E-state index contributed by atoms with van der Waals surface area (Å²) >= 11 is 0. The minimum absolute atomic E-state index is 0.0853. The van der Waals surface area contributed by atoms with Crippen LogP contribution in [0.15, 0.2) is 41.6 Å². The normalized spacial score (nSPS) is 29.2. The van der Waals surface area contributed by atoms with Crippen molar-refractivity contribution in [2.24, 2.45) is 0 Å². The largest absolute Gasteiger partial charge is 0.490 e. The van der Waals surface area contributed by atoms with Crippen molar-refractivity contribution in [1.82, 2.24) is 14.0 Å². The van der Waals surface area contributed by atoms with Crippen LogP contribution < -0.4 is 15.6 Å². The van der Waals surface area contributed by atoms with Gasteiger partial charge in [0.2, 0.25) is 0 Å². The molecular weight excluding hydrogens is 451 g/mol. The zero-order valence-electron chi connectivity index (χ0n) is 20.1. The van der Waals surface area contributed by atoms with E-state index in [1.165, 1.54) is 10.6 Å². The van der Waals surface area contributed by atoms with Gasteiger partial charge in [-0.1, -0.05) is 0 Å². The minimum atomic E-state index is -1.02. The molecule has 9 heteroatoms. The van der Waals surface area contributed by atoms with Gasteiger partial charge in [0.1, 0.15) is 23.3 Å². The molecule has 3 aromatic heterocycles. The van der Waals surface area contributed by atoms with Crippen LogP contribution in [0.2, 0.25) is 0 Å². The molecule has 1 unspecified atom stereocenters. The SMILES string of the molecule is CC(C)Oc1cc2nc([C@]34CC[C@](C)(C3)OC4)cn2cc1C(=O)Nc1cccn(C2C[C@H]2F)c1=O. The summed E-state index contributed by atoms with van der Waals surface area (Å²) in [4.78, 5) is 31.0. The summed E-state index contributed by atoms with van der Waals surface area (Å²) in [6, 6.07) is 4.47. The van der Waals surface area contributed by atoms with Crippen LogP contribution >= 0.6 is 0 Å². The van der Waals surface area contributed by atoms with E-state index in [1.54, 1.807) is 24.5 Å². The lowest BCUT2D eigenvalue weighted by Crippen LogP contribution is -2.26. The molecule has 1 amide bonds. The second-order valence-electron chi connectivity index (χ2n) is 10.7. The van der Waals surface area contributed by atoms with Crippen LogP contribution in [0, 0.1) is 0 Å². The van der Waals surface area contributed by atoms with Crippen LogP contribution in [0.5, 0.6) is 5.75 Å². The number of anilines is 1. The monoisotopic (exact) mass is 480 g/mol. The summed E-state index contributed by atoms with van der Waals surface area (Å²) in [5.41, 5.74) is 1.43. The third-order valence-corrected chi connectivity index (χ3v) is 7.51. The number of alkyl halides is 1. The Labute approximate surface area is 202 Å². The Hall–Kier alpha value is -3.20. The molecule has 1 saturated heterocycles. The molecule has 0 radical (unpaired) electrons. The predicted molar refractivity (Wildman–Crippen MR) is 128 cm³/mol. The number of aromatic nitrogens is 3. The van der Waals surface area contributed by atoms with Gasteiger partial charge in [0.05, 0.1) is 35.6 Å². The molecule has 2 saturated carbocycles. The number of rotatable bonds is 6. The number of imidazole rings is 1. The fraction of sp³-hybridized carbons (Fsp3) is 0.500. The molecule has 2 aliphatic carbocycles. The number of pyridine rings is 2. The van der Waals surface area contributed by atoms with Gasteiger partial charge in [0, 0.05) is 36.5 Å². The lowest BCUT2D eigenvalue weighted by atomic mass is 9.84. The number of halogens is 1. The molecule has 1 N–H and O–H groups in total. The molecule has 4 heterocycles. The van der Waals surface area contributed by atoms with Crippen molar-refractivity contribution >= 4 is 17.2 Å². The van der Waals surface area contributed by atoms with E-state index in [9.17, 15) is 14.0 Å². The number of nitrogens with one attached hydrogen (secondary N) is 1. The first-order valence-corrected chi connectivity index (χ1v) is 12.2. The van der Waals surface area contributed by atoms with E-state index < -0.39 is 23.7 Å². The first-order valence-electron chi connectivity index (χ1n) is 12.2. The highest BCUT2D eigenvalue weighted by Gasteiger charge is 2.55. The summed E-state index contributed by atoms with van der Waals surface area (Å²) < 4.78 is 28.7. The Morgan fingerprint density at radius 2 is 2.14 bits per heavy atom. The molecule has 1 aliphatic heterocycles. The van der Waals surface area contributed by atoms with Crippen LogP contribution in [0.4, 0.5) is 10.1 Å². The number of hydrogen-bond acceptors (Lipinski definition) is 5. The molecule has 3 aliphatic rings. The molecule has 8 nitrogen and oxygen atoms in total. The van der Waals surface area contributed by atoms with Gasteiger partial charge in [-0.05, 0) is 52.2 Å². The molecule has 2 bridgehead atoms. The second-order valence-corrected chi connectivity index (χ2v) is 10.7. The maximum atomic E-state index is 13.5. The van der Waals surface area contributed by atoms with Crippen molar-refractivity contribution < 1.29 is 18.7 Å². The topological polar surface area (TPSA) is 86.9 Å². The molecule has 184 valence electrons. The van der Waals surface area contributed by atoms with Crippen molar-refractivity contribution in [3.63, 3.8) is 0 Å². The van der Waals surface area contributed by atoms with Gasteiger partial charge in [-0.25, -0.2) is 9.37 Å². The van der Waals surface area contributed by atoms with E-state index in [-0.39, 0.29) is 28.4 Å². The molecule has 3 aromatic rings. The number of amides is 1. The van der Waals surface area contributed by atoms with Gasteiger partial charge in [0.25, 0.3) is 11.5 Å². The molecule has 6 rings (SSSR count). The smallest absolute Gasteiger partial charge is 0.274 e. The zero-order chi connectivity index (χ0) is 24.5. The lowest BCUT2D eigenvalue weighted by Gasteiger charge is -2.24. The Bertz CT molecular complexity index is 1390. The maximum Gasteiger partial charge on any atom is 0.274 e. The highest BCUT2D eigenvalue weighted by atomic mass is 19.1. The molecule has 0 spiro atoms. The zero-order valence-corrected chi connectivity index (χ0v) is 20.1. The van der Waals surface area contributed by atoms with Crippen LogP contribution in [0.25, 0.3) is 5.65 Å².